The van der Waals surface area contributed by atoms with E-state index in [4.69, 9.17) is 5.11 Å². The summed E-state index contributed by atoms with van der Waals surface area (Å²) >= 11 is 0. The Balaban J connectivity index is 2.04. The first-order chi connectivity index (χ1) is 9.94. The molecule has 9 heteroatoms. The summed E-state index contributed by atoms with van der Waals surface area (Å²) in [7, 11) is -1.80. The van der Waals surface area contributed by atoms with Crippen LogP contribution < -0.4 is 4.72 Å². The third-order valence-corrected chi connectivity index (χ3v) is 4.61. The molecule has 2 heterocycles. The van der Waals surface area contributed by atoms with Gasteiger partial charge in [-0.05, 0) is 13.3 Å². The van der Waals surface area contributed by atoms with Crippen LogP contribution in [-0.2, 0) is 30.2 Å². The molecule has 0 unspecified atom stereocenters. The summed E-state index contributed by atoms with van der Waals surface area (Å²) in [4.78, 5) is 0.113. The zero-order valence-electron chi connectivity index (χ0n) is 12.0. The first-order valence-electron chi connectivity index (χ1n) is 6.54. The van der Waals surface area contributed by atoms with E-state index >= 15 is 0 Å². The molecule has 0 spiro atoms. The molecule has 0 saturated carbocycles. The van der Waals surface area contributed by atoms with Gasteiger partial charge in [-0.1, -0.05) is 0 Å². The molecule has 0 aliphatic rings. The van der Waals surface area contributed by atoms with Crippen molar-refractivity contribution in [3.05, 3.63) is 29.8 Å². The Hall–Kier alpha value is -1.71. The molecule has 0 atom stereocenters. The molecule has 8 nitrogen and oxygen atoms in total. The maximum absolute atomic E-state index is 12.2. The Morgan fingerprint density at radius 3 is 2.71 bits per heavy atom. The SMILES string of the molecule is Cc1c(CNS(=O)(=O)c2cnn(CCCO)c2)cnn1C. The van der Waals surface area contributed by atoms with Crippen molar-refractivity contribution >= 4 is 10.0 Å². The van der Waals surface area contributed by atoms with E-state index in [0.717, 1.165) is 11.3 Å². The van der Waals surface area contributed by atoms with Crippen LogP contribution in [0.5, 0.6) is 0 Å². The summed E-state index contributed by atoms with van der Waals surface area (Å²) in [5.41, 5.74) is 1.74. The number of nitrogens with zero attached hydrogens (tertiary/aromatic N) is 4. The number of hydrogen-bond donors (Lipinski definition) is 2. The number of aliphatic hydroxyl groups excluding tert-OH is 1. The van der Waals surface area contributed by atoms with Crippen LogP contribution >= 0.6 is 0 Å². The van der Waals surface area contributed by atoms with E-state index in [-0.39, 0.29) is 18.0 Å². The number of rotatable bonds is 7. The van der Waals surface area contributed by atoms with E-state index in [9.17, 15) is 8.42 Å². The lowest BCUT2D eigenvalue weighted by molar-refractivity contribution is 0.277. The maximum atomic E-state index is 12.2. The van der Waals surface area contributed by atoms with Crippen molar-refractivity contribution in [3.8, 4) is 0 Å². The van der Waals surface area contributed by atoms with Gasteiger partial charge in [-0.15, -0.1) is 0 Å². The van der Waals surface area contributed by atoms with Gasteiger partial charge in [0.15, 0.2) is 0 Å². The Kier molecular flexibility index (Phi) is 4.76. The Morgan fingerprint density at radius 2 is 2.10 bits per heavy atom. The number of aliphatic hydroxyl groups is 1. The topological polar surface area (TPSA) is 102 Å². The minimum Gasteiger partial charge on any atom is -0.396 e. The monoisotopic (exact) mass is 313 g/mol. The van der Waals surface area contributed by atoms with Crippen LogP contribution in [0.2, 0.25) is 0 Å². The lowest BCUT2D eigenvalue weighted by atomic mass is 10.3. The number of aromatic nitrogens is 4. The van der Waals surface area contributed by atoms with E-state index in [0.29, 0.717) is 13.0 Å². The highest BCUT2D eigenvalue weighted by Gasteiger charge is 2.17. The number of aryl methyl sites for hydroxylation is 2. The molecule has 0 aliphatic carbocycles. The number of nitrogens with one attached hydrogen (secondary N) is 1. The van der Waals surface area contributed by atoms with Crippen LogP contribution in [0.25, 0.3) is 0 Å². The second-order valence-electron chi connectivity index (χ2n) is 4.72. The average Bonchev–Trinajstić information content (AvgIpc) is 3.04. The Morgan fingerprint density at radius 1 is 1.33 bits per heavy atom. The Labute approximate surface area is 123 Å². The summed E-state index contributed by atoms with van der Waals surface area (Å²) in [6.07, 6.45) is 4.93. The maximum Gasteiger partial charge on any atom is 0.243 e. The highest BCUT2D eigenvalue weighted by atomic mass is 32.2. The van der Waals surface area contributed by atoms with Crippen LogP contribution in [0.15, 0.2) is 23.5 Å². The van der Waals surface area contributed by atoms with Gasteiger partial charge in [0.25, 0.3) is 0 Å². The molecule has 2 rings (SSSR count). The number of sulfonamides is 1. The van der Waals surface area contributed by atoms with Crippen molar-refractivity contribution in [1.82, 2.24) is 24.3 Å². The molecular formula is C12H19N5O3S. The lowest BCUT2D eigenvalue weighted by Crippen LogP contribution is -2.23. The fourth-order valence-electron chi connectivity index (χ4n) is 1.81. The van der Waals surface area contributed by atoms with Gasteiger partial charge in [-0.2, -0.15) is 10.2 Å². The molecule has 0 bridgehead atoms. The molecule has 0 aliphatic heterocycles. The standard InChI is InChI=1S/C12H19N5O3S/c1-10-11(6-13-16(10)2)7-15-21(19,20)12-8-14-17(9-12)4-3-5-18/h6,8-9,15,18H,3-5,7H2,1-2H3. The van der Waals surface area contributed by atoms with Gasteiger partial charge in [-0.3, -0.25) is 9.36 Å². The fourth-order valence-corrected chi connectivity index (χ4v) is 2.77. The highest BCUT2D eigenvalue weighted by Crippen LogP contribution is 2.10. The van der Waals surface area contributed by atoms with Crippen molar-refractivity contribution in [1.29, 1.82) is 0 Å². The number of hydrogen-bond acceptors (Lipinski definition) is 5. The van der Waals surface area contributed by atoms with Crippen molar-refractivity contribution in [2.75, 3.05) is 6.61 Å². The van der Waals surface area contributed by atoms with Gasteiger partial charge >= 0.3 is 0 Å². The van der Waals surface area contributed by atoms with Crippen molar-refractivity contribution in [2.45, 2.75) is 31.3 Å². The summed E-state index contributed by atoms with van der Waals surface area (Å²) in [6.45, 7) is 2.58. The van der Waals surface area contributed by atoms with Crippen molar-refractivity contribution in [3.63, 3.8) is 0 Å². The van der Waals surface area contributed by atoms with E-state index in [1.165, 1.54) is 17.1 Å². The van der Waals surface area contributed by atoms with E-state index < -0.39 is 10.0 Å². The predicted molar refractivity (Wildman–Crippen MR) is 75.9 cm³/mol. The highest BCUT2D eigenvalue weighted by molar-refractivity contribution is 7.89. The summed E-state index contributed by atoms with van der Waals surface area (Å²) in [5.74, 6) is 0. The van der Waals surface area contributed by atoms with Crippen LogP contribution in [-0.4, -0.2) is 39.7 Å². The molecule has 2 aromatic heterocycles. The van der Waals surface area contributed by atoms with Crippen molar-refractivity contribution < 1.29 is 13.5 Å². The molecule has 0 aromatic carbocycles. The first-order valence-corrected chi connectivity index (χ1v) is 8.03. The fraction of sp³-hybridized carbons (Fsp3) is 0.500. The minimum atomic E-state index is -3.60. The van der Waals surface area contributed by atoms with Crippen molar-refractivity contribution in [2.24, 2.45) is 7.05 Å². The normalized spacial score (nSPS) is 12.0. The van der Waals surface area contributed by atoms with Gasteiger partial charge in [0, 0.05) is 44.2 Å². The van der Waals surface area contributed by atoms with E-state index in [1.807, 2.05) is 6.92 Å². The molecule has 2 aromatic rings. The van der Waals surface area contributed by atoms with Gasteiger partial charge in [-0.25, -0.2) is 13.1 Å². The molecule has 0 fully saturated rings. The largest absolute Gasteiger partial charge is 0.396 e. The third-order valence-electron chi connectivity index (χ3n) is 3.25. The second-order valence-corrected chi connectivity index (χ2v) is 6.49. The summed E-state index contributed by atoms with van der Waals surface area (Å²) < 4.78 is 30.1. The summed E-state index contributed by atoms with van der Waals surface area (Å²) in [5, 5.41) is 16.8. The molecule has 116 valence electrons. The van der Waals surface area contributed by atoms with E-state index in [2.05, 4.69) is 14.9 Å². The van der Waals surface area contributed by atoms with Gasteiger partial charge in [0.05, 0.1) is 12.4 Å². The molecule has 0 radical (unpaired) electrons. The zero-order valence-corrected chi connectivity index (χ0v) is 12.8. The Bertz CT molecular complexity index is 704. The third kappa shape index (κ3) is 3.69. The van der Waals surface area contributed by atoms with Gasteiger partial charge in [0.2, 0.25) is 10.0 Å². The average molecular weight is 313 g/mol. The predicted octanol–water partition coefficient (Wildman–Crippen LogP) is -0.214. The smallest absolute Gasteiger partial charge is 0.243 e. The van der Waals surface area contributed by atoms with Crippen LogP contribution in [0.4, 0.5) is 0 Å². The summed E-state index contributed by atoms with van der Waals surface area (Å²) in [6, 6.07) is 0. The molecule has 2 N–H and O–H groups in total. The molecule has 0 saturated heterocycles. The van der Waals surface area contributed by atoms with Crippen LogP contribution in [0.3, 0.4) is 0 Å². The van der Waals surface area contributed by atoms with Gasteiger partial charge in [0.1, 0.15) is 4.90 Å². The molecular weight excluding hydrogens is 294 g/mol. The lowest BCUT2D eigenvalue weighted by Gasteiger charge is -2.04. The van der Waals surface area contributed by atoms with Crippen LogP contribution in [0, 0.1) is 6.92 Å². The van der Waals surface area contributed by atoms with Gasteiger partial charge < -0.3 is 5.11 Å². The molecule has 0 amide bonds. The zero-order chi connectivity index (χ0) is 15.5. The quantitative estimate of drug-likeness (QED) is 0.736. The van der Waals surface area contributed by atoms with Crippen LogP contribution in [0.1, 0.15) is 17.7 Å². The second kappa shape index (κ2) is 6.37. The first kappa shape index (κ1) is 15.7. The molecule has 21 heavy (non-hydrogen) atoms. The van der Waals surface area contributed by atoms with E-state index in [1.54, 1.807) is 17.9 Å². The minimum absolute atomic E-state index is 0.0421.